The Morgan fingerprint density at radius 2 is 0.943 bits per heavy atom. The van der Waals surface area contributed by atoms with Gasteiger partial charge in [0.25, 0.3) is 0 Å². The second-order valence-electron chi connectivity index (χ2n) is 7.20. The Morgan fingerprint density at radius 1 is 0.600 bits per heavy atom. The normalized spacial score (nSPS) is 10.0. The molecule has 9 nitrogen and oxygen atoms in total. The number of hydrogen-bond donors (Lipinski definition) is 0. The molecule has 2 aromatic rings. The summed E-state index contributed by atoms with van der Waals surface area (Å²) in [6.07, 6.45) is 0. The van der Waals surface area contributed by atoms with Gasteiger partial charge in [-0.2, -0.15) is 0 Å². The molecule has 0 amide bonds. The maximum Gasteiger partial charge on any atom is 0.342 e. The fourth-order valence-corrected chi connectivity index (χ4v) is 2.51. The summed E-state index contributed by atoms with van der Waals surface area (Å²) in [6, 6.07) is 12.6. The Labute approximate surface area is 202 Å². The molecule has 0 bridgehead atoms. The molecule has 0 fully saturated rings. The third-order valence-corrected chi connectivity index (χ3v) is 4.23. The van der Waals surface area contributed by atoms with E-state index in [1.165, 1.54) is 38.1 Å². The molecule has 0 saturated carbocycles. The number of benzene rings is 2. The van der Waals surface area contributed by atoms with E-state index in [0.29, 0.717) is 0 Å². The quantitative estimate of drug-likeness (QED) is 0.191. The lowest BCUT2D eigenvalue weighted by molar-refractivity contribution is -0.140. The van der Waals surface area contributed by atoms with E-state index < -0.39 is 23.9 Å². The van der Waals surface area contributed by atoms with Crippen LogP contribution in [-0.4, -0.2) is 50.3 Å². The molecule has 0 spiro atoms. The van der Waals surface area contributed by atoms with Crippen LogP contribution in [0.4, 0.5) is 0 Å². The van der Waals surface area contributed by atoms with Gasteiger partial charge in [0.05, 0.1) is 0 Å². The summed E-state index contributed by atoms with van der Waals surface area (Å²) in [6.45, 7) is 9.37. The number of carbonyl (C=O) groups excluding carboxylic acids is 4. The third-order valence-electron chi connectivity index (χ3n) is 4.23. The molecule has 2 rings (SSSR count). The van der Waals surface area contributed by atoms with Crippen molar-refractivity contribution in [2.45, 2.75) is 13.8 Å². The molecule has 2 aromatic carbocycles. The van der Waals surface area contributed by atoms with E-state index >= 15 is 0 Å². The molecule has 0 heterocycles. The summed E-state index contributed by atoms with van der Waals surface area (Å²) in [5.74, 6) is -2.28. The van der Waals surface area contributed by atoms with Crippen LogP contribution in [0.1, 0.15) is 34.6 Å². The number of carbonyl (C=O) groups is 4. The maximum atomic E-state index is 12.5. The lowest BCUT2D eigenvalue weighted by Gasteiger charge is -2.14. The minimum Gasteiger partial charge on any atom is -0.459 e. The first-order valence-corrected chi connectivity index (χ1v) is 10.6. The monoisotopic (exact) mass is 482 g/mol. The predicted molar refractivity (Wildman–Crippen MR) is 125 cm³/mol. The first kappa shape index (κ1) is 26.8. The molecule has 0 unspecified atom stereocenters. The summed E-state index contributed by atoms with van der Waals surface area (Å²) < 4.78 is 25.9. The second-order valence-corrected chi connectivity index (χ2v) is 7.20. The lowest BCUT2D eigenvalue weighted by atomic mass is 10.2. The van der Waals surface area contributed by atoms with E-state index in [1.54, 1.807) is 24.3 Å². The van der Waals surface area contributed by atoms with Crippen LogP contribution in [-0.2, 0) is 28.5 Å². The van der Waals surface area contributed by atoms with Crippen molar-refractivity contribution < 1.29 is 42.9 Å². The Bertz CT molecular complexity index is 1030. The van der Waals surface area contributed by atoms with Crippen molar-refractivity contribution in [3.8, 4) is 11.5 Å². The molecule has 0 saturated heterocycles. The fourth-order valence-electron chi connectivity index (χ4n) is 2.51. The van der Waals surface area contributed by atoms with Crippen LogP contribution in [0.5, 0.6) is 11.5 Å². The number of para-hydroxylation sites is 2. The summed E-state index contributed by atoms with van der Waals surface area (Å²) in [5.41, 5.74) is 0.683. The predicted octanol–water partition coefficient (Wildman–Crippen LogP) is 4.03. The van der Waals surface area contributed by atoms with Gasteiger partial charge < -0.3 is 23.7 Å². The molecule has 9 heteroatoms. The standard InChI is InChI=1S/C26H26O9/c1-17(2)23(27)31-13-15-33-25(29)19-9-5-7-11-21(19)35-22-12-8-6-10-20(22)26(30)34-16-14-32-24(28)18(3)4/h5-12H,1,3,13-16H2,2,4H3. The number of hydrogen-bond acceptors (Lipinski definition) is 9. The summed E-state index contributed by atoms with van der Waals surface area (Å²) in [7, 11) is 0. The van der Waals surface area contributed by atoms with Crippen molar-refractivity contribution in [1.82, 2.24) is 0 Å². The lowest BCUT2D eigenvalue weighted by Crippen LogP contribution is -2.15. The van der Waals surface area contributed by atoms with Gasteiger partial charge in [-0.1, -0.05) is 37.4 Å². The molecule has 0 aliphatic rings. The highest BCUT2D eigenvalue weighted by atomic mass is 16.6. The van der Waals surface area contributed by atoms with Gasteiger partial charge in [0.2, 0.25) is 0 Å². The van der Waals surface area contributed by atoms with E-state index in [-0.39, 0.29) is 60.2 Å². The molecule has 0 aromatic heterocycles. The van der Waals surface area contributed by atoms with Crippen molar-refractivity contribution in [1.29, 1.82) is 0 Å². The van der Waals surface area contributed by atoms with Gasteiger partial charge in [-0.05, 0) is 38.1 Å². The number of rotatable bonds is 12. The van der Waals surface area contributed by atoms with Gasteiger partial charge in [0.1, 0.15) is 49.1 Å². The molecule has 0 atom stereocenters. The van der Waals surface area contributed by atoms with Crippen LogP contribution >= 0.6 is 0 Å². The van der Waals surface area contributed by atoms with E-state index in [4.69, 9.17) is 23.7 Å². The molecule has 0 aliphatic heterocycles. The zero-order valence-corrected chi connectivity index (χ0v) is 19.5. The first-order chi connectivity index (χ1) is 16.7. The first-order valence-electron chi connectivity index (χ1n) is 10.6. The summed E-state index contributed by atoms with van der Waals surface area (Å²) in [5, 5.41) is 0. The molecular formula is C26H26O9. The van der Waals surface area contributed by atoms with E-state index in [0.717, 1.165) is 0 Å². The van der Waals surface area contributed by atoms with Crippen molar-refractivity contribution in [3.05, 3.63) is 84.0 Å². The number of esters is 4. The van der Waals surface area contributed by atoms with E-state index in [9.17, 15) is 19.2 Å². The number of ether oxygens (including phenoxy) is 5. The molecule has 0 radical (unpaired) electrons. The Balaban J connectivity index is 2.02. The third kappa shape index (κ3) is 8.47. The summed E-state index contributed by atoms with van der Waals surface area (Å²) >= 11 is 0. The van der Waals surface area contributed by atoms with Gasteiger partial charge in [0.15, 0.2) is 0 Å². The van der Waals surface area contributed by atoms with Gasteiger partial charge in [-0.25, -0.2) is 19.2 Å². The zero-order chi connectivity index (χ0) is 25.8. The molecule has 35 heavy (non-hydrogen) atoms. The molecular weight excluding hydrogens is 456 g/mol. The highest BCUT2D eigenvalue weighted by Crippen LogP contribution is 2.29. The average Bonchev–Trinajstić information content (AvgIpc) is 2.84. The van der Waals surface area contributed by atoms with E-state index in [2.05, 4.69) is 13.2 Å². The maximum absolute atomic E-state index is 12.5. The summed E-state index contributed by atoms with van der Waals surface area (Å²) in [4.78, 5) is 47.9. The molecule has 0 aliphatic carbocycles. The van der Waals surface area contributed by atoms with Crippen molar-refractivity contribution in [2.24, 2.45) is 0 Å². The molecule has 0 N–H and O–H groups in total. The second kappa shape index (κ2) is 13.3. The largest absolute Gasteiger partial charge is 0.459 e. The Kier molecular flexibility index (Phi) is 10.2. The minimum absolute atomic E-state index is 0.105. The highest BCUT2D eigenvalue weighted by molar-refractivity contribution is 5.94. The van der Waals surface area contributed by atoms with Gasteiger partial charge in [0, 0.05) is 11.1 Å². The van der Waals surface area contributed by atoms with Crippen LogP contribution in [0.25, 0.3) is 0 Å². The van der Waals surface area contributed by atoms with Crippen LogP contribution in [0.2, 0.25) is 0 Å². The zero-order valence-electron chi connectivity index (χ0n) is 19.5. The van der Waals surface area contributed by atoms with Crippen molar-refractivity contribution in [2.75, 3.05) is 26.4 Å². The van der Waals surface area contributed by atoms with Gasteiger partial charge >= 0.3 is 23.9 Å². The smallest absolute Gasteiger partial charge is 0.342 e. The Morgan fingerprint density at radius 3 is 1.31 bits per heavy atom. The average molecular weight is 482 g/mol. The SMILES string of the molecule is C=C(C)C(=O)OCCOC(=O)c1ccccc1Oc1ccccc1C(=O)OCCOC(=O)C(=C)C. The van der Waals surface area contributed by atoms with Crippen molar-refractivity contribution in [3.63, 3.8) is 0 Å². The van der Waals surface area contributed by atoms with Crippen molar-refractivity contribution >= 4 is 23.9 Å². The Hall–Kier alpha value is -4.40. The molecule has 184 valence electrons. The van der Waals surface area contributed by atoms with Crippen LogP contribution in [0.3, 0.4) is 0 Å². The van der Waals surface area contributed by atoms with Gasteiger partial charge in [-0.15, -0.1) is 0 Å². The van der Waals surface area contributed by atoms with E-state index in [1.807, 2.05) is 0 Å². The highest BCUT2D eigenvalue weighted by Gasteiger charge is 2.19. The minimum atomic E-state index is -0.702. The van der Waals surface area contributed by atoms with Crippen LogP contribution < -0.4 is 4.74 Å². The topological polar surface area (TPSA) is 114 Å². The fraction of sp³-hybridized carbons (Fsp3) is 0.231. The van der Waals surface area contributed by atoms with Gasteiger partial charge in [-0.3, -0.25) is 0 Å². The van der Waals surface area contributed by atoms with Crippen LogP contribution in [0.15, 0.2) is 72.8 Å². The van der Waals surface area contributed by atoms with Crippen LogP contribution in [0, 0.1) is 0 Å².